The molecule has 0 saturated carbocycles. The first kappa shape index (κ1) is 23.3. The van der Waals surface area contributed by atoms with Gasteiger partial charge in [0.05, 0.1) is 32.3 Å². The topological polar surface area (TPSA) is 105 Å². The summed E-state index contributed by atoms with van der Waals surface area (Å²) < 4.78 is 46.3. The summed E-state index contributed by atoms with van der Waals surface area (Å²) in [6.07, 6.45) is 1.18. The van der Waals surface area contributed by atoms with Gasteiger partial charge in [0.15, 0.2) is 11.5 Å². The molecule has 0 atom stereocenters. The van der Waals surface area contributed by atoms with Crippen molar-refractivity contribution >= 4 is 10.0 Å². The summed E-state index contributed by atoms with van der Waals surface area (Å²) in [5.41, 5.74) is -0.157. The summed E-state index contributed by atoms with van der Waals surface area (Å²) in [7, 11) is 0.886. The van der Waals surface area contributed by atoms with E-state index in [-0.39, 0.29) is 16.5 Å². The highest BCUT2D eigenvalue weighted by Gasteiger charge is 2.33. The Hall–Kier alpha value is -2.37. The second-order valence-electron chi connectivity index (χ2n) is 7.30. The number of hydrogen-bond acceptors (Lipinski definition) is 7. The zero-order chi connectivity index (χ0) is 22.6. The van der Waals surface area contributed by atoms with Crippen molar-refractivity contribution in [1.82, 2.24) is 18.7 Å². The zero-order valence-corrected chi connectivity index (χ0v) is 19.2. The van der Waals surface area contributed by atoms with Gasteiger partial charge in [-0.15, -0.1) is 0 Å². The van der Waals surface area contributed by atoms with Gasteiger partial charge in [-0.05, 0) is 31.9 Å². The van der Waals surface area contributed by atoms with Crippen LogP contribution in [0.2, 0.25) is 0 Å². The number of piperidine rings is 1. The molecule has 1 aliphatic rings. The molecular formula is C20H30N4O6S. The van der Waals surface area contributed by atoms with Gasteiger partial charge < -0.3 is 14.2 Å². The Labute approximate surface area is 182 Å². The van der Waals surface area contributed by atoms with E-state index in [1.165, 1.54) is 35.3 Å². The molecule has 31 heavy (non-hydrogen) atoms. The summed E-state index contributed by atoms with van der Waals surface area (Å²) in [5.74, 6) is 1.58. The summed E-state index contributed by atoms with van der Waals surface area (Å²) in [4.78, 5) is 12.7. The molecule has 1 aliphatic heterocycles. The molecule has 0 amide bonds. The molecule has 172 valence electrons. The Bertz CT molecular complexity index is 1050. The van der Waals surface area contributed by atoms with Gasteiger partial charge in [0.25, 0.3) is 0 Å². The molecule has 11 heteroatoms. The number of methoxy groups -OCH3 is 3. The Morgan fingerprint density at radius 3 is 2.35 bits per heavy atom. The van der Waals surface area contributed by atoms with Crippen LogP contribution in [0.3, 0.4) is 0 Å². The lowest BCUT2D eigenvalue weighted by molar-refractivity contribution is 0.182. The lowest BCUT2D eigenvalue weighted by Crippen LogP contribution is -2.38. The van der Waals surface area contributed by atoms with E-state index in [1.54, 1.807) is 17.7 Å². The van der Waals surface area contributed by atoms with Crippen LogP contribution in [0.25, 0.3) is 0 Å². The van der Waals surface area contributed by atoms with Gasteiger partial charge in [-0.25, -0.2) is 17.9 Å². The maximum Gasteiger partial charge on any atom is 0.345 e. The van der Waals surface area contributed by atoms with E-state index in [2.05, 4.69) is 5.10 Å². The fourth-order valence-electron chi connectivity index (χ4n) is 3.86. The molecule has 10 nitrogen and oxygen atoms in total. The van der Waals surface area contributed by atoms with Crippen LogP contribution in [0.15, 0.2) is 27.9 Å². The van der Waals surface area contributed by atoms with E-state index in [0.29, 0.717) is 63.0 Å². The third kappa shape index (κ3) is 4.63. The van der Waals surface area contributed by atoms with Crippen LogP contribution in [0.5, 0.6) is 11.5 Å². The monoisotopic (exact) mass is 454 g/mol. The van der Waals surface area contributed by atoms with Crippen molar-refractivity contribution in [2.45, 2.75) is 43.7 Å². The van der Waals surface area contributed by atoms with Crippen molar-refractivity contribution in [3.05, 3.63) is 34.5 Å². The van der Waals surface area contributed by atoms with Crippen LogP contribution in [-0.2, 0) is 27.8 Å². The molecule has 1 aromatic carbocycles. The van der Waals surface area contributed by atoms with E-state index in [4.69, 9.17) is 14.2 Å². The van der Waals surface area contributed by atoms with Gasteiger partial charge in [0.1, 0.15) is 5.82 Å². The van der Waals surface area contributed by atoms with Gasteiger partial charge in [0.2, 0.25) is 10.0 Å². The normalized spacial score (nSPS) is 15.9. The van der Waals surface area contributed by atoms with Gasteiger partial charge in [0, 0.05) is 38.7 Å². The van der Waals surface area contributed by atoms with Crippen LogP contribution in [0.4, 0.5) is 0 Å². The smallest absolute Gasteiger partial charge is 0.345 e. The fraction of sp³-hybridized carbons (Fsp3) is 0.600. The highest BCUT2D eigenvalue weighted by Crippen LogP contribution is 2.33. The average molecular weight is 455 g/mol. The highest BCUT2D eigenvalue weighted by atomic mass is 32.2. The predicted octanol–water partition coefficient (Wildman–Crippen LogP) is 1.30. The minimum absolute atomic E-state index is 0.0216. The van der Waals surface area contributed by atoms with Gasteiger partial charge in [-0.1, -0.05) is 0 Å². The van der Waals surface area contributed by atoms with Crippen molar-refractivity contribution in [2.75, 3.05) is 41.0 Å². The Morgan fingerprint density at radius 1 is 1.10 bits per heavy atom. The molecule has 2 heterocycles. The van der Waals surface area contributed by atoms with Crippen LogP contribution < -0.4 is 15.2 Å². The molecular weight excluding hydrogens is 424 g/mol. The molecule has 0 bridgehead atoms. The van der Waals surface area contributed by atoms with Crippen molar-refractivity contribution in [1.29, 1.82) is 0 Å². The van der Waals surface area contributed by atoms with E-state index in [1.807, 2.05) is 6.92 Å². The van der Waals surface area contributed by atoms with Crippen molar-refractivity contribution in [2.24, 2.45) is 0 Å². The Kier molecular flexibility index (Phi) is 7.39. The number of ether oxygens (including phenoxy) is 3. The van der Waals surface area contributed by atoms with Crippen LogP contribution in [0, 0.1) is 0 Å². The Balaban J connectivity index is 1.77. The molecule has 0 aliphatic carbocycles. The van der Waals surface area contributed by atoms with Crippen LogP contribution >= 0.6 is 0 Å². The Morgan fingerprint density at radius 2 is 1.77 bits per heavy atom. The second-order valence-corrected chi connectivity index (χ2v) is 9.23. The van der Waals surface area contributed by atoms with Crippen molar-refractivity contribution < 1.29 is 22.6 Å². The summed E-state index contributed by atoms with van der Waals surface area (Å²) >= 11 is 0. The minimum atomic E-state index is -3.67. The third-order valence-electron chi connectivity index (χ3n) is 5.59. The predicted molar refractivity (Wildman–Crippen MR) is 114 cm³/mol. The fourth-order valence-corrected chi connectivity index (χ4v) is 5.35. The SMILES string of the molecule is CCn1c(C2CCN(S(=O)(=O)c3ccc(OC)c(OC)c3)CC2)nn(CCOC)c1=O. The van der Waals surface area contributed by atoms with Gasteiger partial charge in [-0.2, -0.15) is 9.40 Å². The molecule has 0 spiro atoms. The van der Waals surface area contributed by atoms with Gasteiger partial charge in [-0.3, -0.25) is 4.57 Å². The number of rotatable bonds is 9. The lowest BCUT2D eigenvalue weighted by Gasteiger charge is -2.30. The maximum atomic E-state index is 13.1. The van der Waals surface area contributed by atoms with E-state index in [9.17, 15) is 13.2 Å². The summed E-state index contributed by atoms with van der Waals surface area (Å²) in [6, 6.07) is 4.59. The molecule has 1 saturated heterocycles. The molecule has 1 aromatic heterocycles. The molecule has 0 unspecified atom stereocenters. The number of sulfonamides is 1. The number of hydrogen-bond donors (Lipinski definition) is 0. The molecule has 3 rings (SSSR count). The largest absolute Gasteiger partial charge is 0.493 e. The van der Waals surface area contributed by atoms with Crippen molar-refractivity contribution in [3.63, 3.8) is 0 Å². The maximum absolute atomic E-state index is 13.1. The zero-order valence-electron chi connectivity index (χ0n) is 18.4. The standard InChI is InChI=1S/C20H30N4O6S/c1-5-23-19(21-24(20(23)25)12-13-28-2)15-8-10-22(11-9-15)31(26,27)16-6-7-17(29-3)18(14-16)30-4/h6-7,14-15H,5,8-13H2,1-4H3. The summed E-state index contributed by atoms with van der Waals surface area (Å²) in [5, 5.41) is 4.52. The first-order chi connectivity index (χ1) is 14.9. The molecule has 1 fully saturated rings. The van der Waals surface area contributed by atoms with E-state index >= 15 is 0 Å². The third-order valence-corrected chi connectivity index (χ3v) is 7.48. The molecule has 2 aromatic rings. The first-order valence-electron chi connectivity index (χ1n) is 10.3. The van der Waals surface area contributed by atoms with Crippen LogP contribution in [0.1, 0.15) is 31.5 Å². The quantitative estimate of drug-likeness (QED) is 0.562. The molecule has 0 radical (unpaired) electrons. The number of nitrogens with zero attached hydrogens (tertiary/aromatic N) is 4. The van der Waals surface area contributed by atoms with Crippen LogP contribution in [-0.4, -0.2) is 68.1 Å². The second kappa shape index (κ2) is 9.84. The average Bonchev–Trinajstić information content (AvgIpc) is 3.12. The summed E-state index contributed by atoms with van der Waals surface area (Å²) in [6.45, 7) is 3.92. The van der Waals surface area contributed by atoms with E-state index in [0.717, 1.165) is 0 Å². The lowest BCUT2D eigenvalue weighted by atomic mass is 9.97. The van der Waals surface area contributed by atoms with Gasteiger partial charge >= 0.3 is 5.69 Å². The number of aromatic nitrogens is 3. The number of benzene rings is 1. The molecule has 0 N–H and O–H groups in total. The first-order valence-corrected chi connectivity index (χ1v) is 11.7. The highest BCUT2D eigenvalue weighted by molar-refractivity contribution is 7.89. The van der Waals surface area contributed by atoms with Crippen molar-refractivity contribution in [3.8, 4) is 11.5 Å². The minimum Gasteiger partial charge on any atom is -0.493 e. The van der Waals surface area contributed by atoms with E-state index < -0.39 is 10.0 Å².